The van der Waals surface area contributed by atoms with Gasteiger partial charge in [0.25, 0.3) is 0 Å². The zero-order valence-corrected chi connectivity index (χ0v) is 17.6. The van der Waals surface area contributed by atoms with Gasteiger partial charge >= 0.3 is 17.9 Å². The lowest BCUT2D eigenvalue weighted by Gasteiger charge is -2.43. The molecule has 28 heavy (non-hydrogen) atoms. The van der Waals surface area contributed by atoms with Crippen molar-refractivity contribution in [2.75, 3.05) is 6.61 Å². The Hall–Kier alpha value is -1.77. The molecule has 2 rings (SSSR count). The maximum absolute atomic E-state index is 11.7. The predicted octanol–water partition coefficient (Wildman–Crippen LogP) is 2.85. The SMILES string of the molecule is CC(=O)OC[C@H]1O[C@H](Cl)[C@@H](Sc2ccc(C)cc2)[C@@H](OC(C)=O)[C@@H]1OC(C)=O. The largest absolute Gasteiger partial charge is 0.463 e. The summed E-state index contributed by atoms with van der Waals surface area (Å²) in [5.74, 6) is -1.64. The Balaban J connectivity index is 2.31. The van der Waals surface area contributed by atoms with E-state index in [2.05, 4.69) is 0 Å². The zero-order valence-electron chi connectivity index (χ0n) is 16.0. The van der Waals surface area contributed by atoms with Crippen LogP contribution in [0.4, 0.5) is 0 Å². The van der Waals surface area contributed by atoms with Crippen LogP contribution in [0.15, 0.2) is 29.2 Å². The number of carbonyl (C=O) groups excluding carboxylic acids is 3. The summed E-state index contributed by atoms with van der Waals surface area (Å²) in [7, 11) is 0. The molecule has 1 aliphatic rings. The van der Waals surface area contributed by atoms with Crippen molar-refractivity contribution in [3.05, 3.63) is 29.8 Å². The fourth-order valence-corrected chi connectivity index (χ4v) is 4.31. The molecule has 0 unspecified atom stereocenters. The van der Waals surface area contributed by atoms with Gasteiger partial charge in [0.2, 0.25) is 0 Å². The molecule has 1 heterocycles. The van der Waals surface area contributed by atoms with Crippen LogP contribution in [0.5, 0.6) is 0 Å². The van der Waals surface area contributed by atoms with Gasteiger partial charge in [-0.2, -0.15) is 0 Å². The molecular weight excluding hydrogens is 408 g/mol. The van der Waals surface area contributed by atoms with E-state index < -0.39 is 47.0 Å². The van der Waals surface area contributed by atoms with Crippen molar-refractivity contribution in [2.24, 2.45) is 0 Å². The second-order valence-corrected chi connectivity index (χ2v) is 8.05. The summed E-state index contributed by atoms with van der Waals surface area (Å²) in [5.41, 5.74) is 0.227. The number of aryl methyl sites for hydroxylation is 1. The first-order valence-electron chi connectivity index (χ1n) is 8.68. The minimum absolute atomic E-state index is 0.184. The van der Waals surface area contributed by atoms with Crippen LogP contribution in [0.3, 0.4) is 0 Å². The first kappa shape index (κ1) is 22.5. The molecule has 1 aromatic carbocycles. The molecule has 0 radical (unpaired) electrons. The summed E-state index contributed by atoms with van der Waals surface area (Å²) in [6.07, 6.45) is -2.72. The van der Waals surface area contributed by atoms with Crippen molar-refractivity contribution in [1.29, 1.82) is 0 Å². The van der Waals surface area contributed by atoms with Gasteiger partial charge in [-0.15, -0.1) is 11.8 Å². The summed E-state index contributed by atoms with van der Waals surface area (Å²) < 4.78 is 21.6. The Morgan fingerprint density at radius 1 is 1.00 bits per heavy atom. The van der Waals surface area contributed by atoms with Crippen molar-refractivity contribution in [2.45, 2.75) is 61.7 Å². The molecule has 0 aliphatic carbocycles. The van der Waals surface area contributed by atoms with E-state index in [1.54, 1.807) is 0 Å². The van der Waals surface area contributed by atoms with E-state index in [0.29, 0.717) is 0 Å². The molecule has 0 amide bonds. The lowest BCUT2D eigenvalue weighted by Crippen LogP contribution is -2.59. The second-order valence-electron chi connectivity index (χ2n) is 6.37. The van der Waals surface area contributed by atoms with Crippen LogP contribution in [0.2, 0.25) is 0 Å². The van der Waals surface area contributed by atoms with E-state index in [4.69, 9.17) is 30.5 Å². The van der Waals surface area contributed by atoms with Crippen LogP contribution in [0.1, 0.15) is 26.3 Å². The van der Waals surface area contributed by atoms with Gasteiger partial charge in [0.15, 0.2) is 12.2 Å². The molecule has 0 bridgehead atoms. The highest BCUT2D eigenvalue weighted by atomic mass is 35.5. The minimum Gasteiger partial charge on any atom is -0.463 e. The van der Waals surface area contributed by atoms with Gasteiger partial charge < -0.3 is 18.9 Å². The van der Waals surface area contributed by atoms with Crippen LogP contribution < -0.4 is 0 Å². The van der Waals surface area contributed by atoms with E-state index in [-0.39, 0.29) is 6.61 Å². The van der Waals surface area contributed by atoms with Gasteiger partial charge in [-0.3, -0.25) is 14.4 Å². The lowest BCUT2D eigenvalue weighted by atomic mass is 10.0. The third-order valence-electron chi connectivity index (χ3n) is 3.93. The summed E-state index contributed by atoms with van der Waals surface area (Å²) in [6.45, 7) is 5.54. The van der Waals surface area contributed by atoms with E-state index in [1.807, 2.05) is 31.2 Å². The molecular formula is C19H23ClO7S. The van der Waals surface area contributed by atoms with Gasteiger partial charge in [-0.1, -0.05) is 29.3 Å². The quantitative estimate of drug-likeness (QED) is 0.386. The fraction of sp³-hybridized carbons (Fsp3) is 0.526. The summed E-state index contributed by atoms with van der Waals surface area (Å²) in [4.78, 5) is 35.4. The van der Waals surface area contributed by atoms with Crippen molar-refractivity contribution < 1.29 is 33.3 Å². The van der Waals surface area contributed by atoms with Gasteiger partial charge in [0.1, 0.15) is 18.3 Å². The van der Waals surface area contributed by atoms with E-state index in [0.717, 1.165) is 10.5 Å². The zero-order chi connectivity index (χ0) is 20.8. The molecule has 5 atom stereocenters. The minimum atomic E-state index is -0.973. The molecule has 1 aliphatic heterocycles. The topological polar surface area (TPSA) is 88.1 Å². The number of carbonyl (C=O) groups is 3. The first-order chi connectivity index (χ1) is 13.2. The number of hydrogen-bond acceptors (Lipinski definition) is 8. The number of halogens is 1. The smallest absolute Gasteiger partial charge is 0.303 e. The third-order valence-corrected chi connectivity index (χ3v) is 5.78. The van der Waals surface area contributed by atoms with Gasteiger partial charge in [-0.05, 0) is 19.1 Å². The predicted molar refractivity (Wildman–Crippen MR) is 103 cm³/mol. The van der Waals surface area contributed by atoms with E-state index in [1.165, 1.54) is 32.5 Å². The Labute approximate surface area is 173 Å². The van der Waals surface area contributed by atoms with Crippen LogP contribution >= 0.6 is 23.4 Å². The summed E-state index contributed by atoms with van der Waals surface area (Å²) in [6, 6.07) is 7.73. The Morgan fingerprint density at radius 2 is 1.57 bits per heavy atom. The number of hydrogen-bond donors (Lipinski definition) is 0. The number of alkyl halides is 1. The highest BCUT2D eigenvalue weighted by molar-refractivity contribution is 8.00. The van der Waals surface area contributed by atoms with Gasteiger partial charge in [-0.25, -0.2) is 0 Å². The molecule has 1 saturated heterocycles. The molecule has 1 aromatic rings. The van der Waals surface area contributed by atoms with Crippen molar-refractivity contribution in [1.82, 2.24) is 0 Å². The maximum Gasteiger partial charge on any atom is 0.303 e. The Morgan fingerprint density at radius 3 is 2.11 bits per heavy atom. The third kappa shape index (κ3) is 6.39. The highest BCUT2D eigenvalue weighted by Gasteiger charge is 2.50. The van der Waals surface area contributed by atoms with Crippen molar-refractivity contribution in [3.63, 3.8) is 0 Å². The number of thioether (sulfide) groups is 1. The molecule has 7 nitrogen and oxygen atoms in total. The second kappa shape index (κ2) is 10.1. The molecule has 1 fully saturated rings. The number of benzene rings is 1. The van der Waals surface area contributed by atoms with Gasteiger partial charge in [0, 0.05) is 25.7 Å². The number of esters is 3. The summed E-state index contributed by atoms with van der Waals surface area (Å²) >= 11 is 7.79. The van der Waals surface area contributed by atoms with Crippen LogP contribution in [-0.4, -0.2) is 53.6 Å². The van der Waals surface area contributed by atoms with Crippen molar-refractivity contribution in [3.8, 4) is 0 Å². The fourth-order valence-electron chi connectivity index (χ4n) is 2.76. The molecule has 0 N–H and O–H groups in total. The Kier molecular flexibility index (Phi) is 8.15. The average Bonchev–Trinajstić information content (AvgIpc) is 2.59. The first-order valence-corrected chi connectivity index (χ1v) is 9.99. The van der Waals surface area contributed by atoms with E-state index in [9.17, 15) is 14.4 Å². The molecule has 0 saturated carbocycles. The van der Waals surface area contributed by atoms with Gasteiger partial charge in [0.05, 0.1) is 5.25 Å². The van der Waals surface area contributed by atoms with Crippen LogP contribution in [0, 0.1) is 6.92 Å². The van der Waals surface area contributed by atoms with Crippen LogP contribution in [0.25, 0.3) is 0 Å². The average molecular weight is 431 g/mol. The number of ether oxygens (including phenoxy) is 4. The monoisotopic (exact) mass is 430 g/mol. The van der Waals surface area contributed by atoms with Crippen LogP contribution in [-0.2, 0) is 33.3 Å². The normalized spacial score (nSPS) is 27.0. The van der Waals surface area contributed by atoms with Crippen molar-refractivity contribution >= 4 is 41.3 Å². The maximum atomic E-state index is 11.7. The standard InChI is InChI=1S/C19H23ClO7S/c1-10-5-7-14(8-6-10)28-18-17(26-13(4)23)16(25-12(3)22)15(27-19(18)20)9-24-11(2)21/h5-8,15-19H,9H2,1-4H3/t15-,16-,17+,18+,19+/m1/s1. The highest BCUT2D eigenvalue weighted by Crippen LogP contribution is 2.39. The lowest BCUT2D eigenvalue weighted by molar-refractivity contribution is -0.203. The Bertz CT molecular complexity index is 709. The van der Waals surface area contributed by atoms with E-state index >= 15 is 0 Å². The molecule has 154 valence electrons. The molecule has 9 heteroatoms. The number of rotatable bonds is 6. The summed E-state index contributed by atoms with van der Waals surface area (Å²) in [5, 5.41) is -0.550. The molecule has 0 aromatic heterocycles. The molecule has 0 spiro atoms.